The minimum absolute atomic E-state index is 0.339. The third-order valence-corrected chi connectivity index (χ3v) is 2.16. The van der Waals surface area contributed by atoms with Gasteiger partial charge in [-0.2, -0.15) is 0 Å². The van der Waals surface area contributed by atoms with E-state index in [2.05, 4.69) is 11.9 Å². The summed E-state index contributed by atoms with van der Waals surface area (Å²) < 4.78 is 0. The van der Waals surface area contributed by atoms with Crippen molar-refractivity contribution in [2.45, 2.75) is 32.4 Å². The Hall–Kier alpha value is -1.56. The van der Waals surface area contributed by atoms with Crippen LogP contribution in [0.1, 0.15) is 20.3 Å². The van der Waals surface area contributed by atoms with Crippen molar-refractivity contribution in [2.24, 2.45) is 0 Å². The first kappa shape index (κ1) is 15.4. The number of nitrogens with zero attached hydrogens (tertiary/aromatic N) is 1. The highest BCUT2D eigenvalue weighted by Gasteiger charge is 2.26. The predicted octanol–water partition coefficient (Wildman–Crippen LogP) is 0.428. The van der Waals surface area contributed by atoms with Crippen LogP contribution in [0, 0.1) is 0 Å². The molecule has 0 aromatic rings. The van der Waals surface area contributed by atoms with Crippen molar-refractivity contribution in [1.29, 1.82) is 0 Å². The molecule has 0 radical (unpaired) electrons. The molecule has 0 saturated heterocycles. The molecule has 6 nitrogen and oxygen atoms in total. The van der Waals surface area contributed by atoms with E-state index in [0.717, 1.165) is 6.42 Å². The van der Waals surface area contributed by atoms with Gasteiger partial charge in [0.25, 0.3) is 0 Å². The Bertz CT molecular complexity index is 279. The summed E-state index contributed by atoms with van der Waals surface area (Å²) in [6.07, 6.45) is 1.17. The Morgan fingerprint density at radius 2 is 2.12 bits per heavy atom. The molecular formula is C11H20N2O4. The minimum atomic E-state index is -1.30. The van der Waals surface area contributed by atoms with Crippen molar-refractivity contribution in [2.75, 3.05) is 13.1 Å². The number of aliphatic hydroxyl groups is 1. The summed E-state index contributed by atoms with van der Waals surface area (Å²) in [7, 11) is 0. The maximum atomic E-state index is 11.7. The van der Waals surface area contributed by atoms with Gasteiger partial charge in [0.15, 0.2) is 6.04 Å². The highest BCUT2D eigenvalue weighted by molar-refractivity contribution is 5.83. The van der Waals surface area contributed by atoms with Crippen LogP contribution in [0.3, 0.4) is 0 Å². The number of carbonyl (C=O) groups excluding carboxylic acids is 1. The van der Waals surface area contributed by atoms with E-state index in [1.54, 1.807) is 6.08 Å². The molecule has 0 unspecified atom stereocenters. The zero-order valence-corrected chi connectivity index (χ0v) is 10.2. The lowest BCUT2D eigenvalue weighted by atomic mass is 10.2. The molecule has 0 aliphatic carbocycles. The molecule has 17 heavy (non-hydrogen) atoms. The van der Waals surface area contributed by atoms with Crippen LogP contribution in [0.4, 0.5) is 4.79 Å². The van der Waals surface area contributed by atoms with Crippen LogP contribution < -0.4 is 5.32 Å². The molecule has 0 bridgehead atoms. The molecule has 6 heteroatoms. The number of carboxylic acids is 1. The van der Waals surface area contributed by atoms with Crippen LogP contribution in [-0.4, -0.2) is 52.3 Å². The summed E-state index contributed by atoms with van der Waals surface area (Å²) in [6.45, 7) is 7.60. The first-order chi connectivity index (χ1) is 7.93. The van der Waals surface area contributed by atoms with Gasteiger partial charge in [-0.25, -0.2) is 9.59 Å². The smallest absolute Gasteiger partial charge is 0.328 e. The highest BCUT2D eigenvalue weighted by atomic mass is 16.4. The second-order valence-electron chi connectivity index (χ2n) is 3.74. The van der Waals surface area contributed by atoms with Crippen molar-refractivity contribution in [1.82, 2.24) is 10.2 Å². The molecule has 0 rings (SSSR count). The highest BCUT2D eigenvalue weighted by Crippen LogP contribution is 1.98. The number of rotatable bonds is 7. The Labute approximate surface area is 101 Å². The zero-order chi connectivity index (χ0) is 13.4. The third kappa shape index (κ3) is 5.35. The van der Waals surface area contributed by atoms with Crippen molar-refractivity contribution in [3.05, 3.63) is 12.7 Å². The molecule has 98 valence electrons. The van der Waals surface area contributed by atoms with Crippen molar-refractivity contribution < 1.29 is 19.8 Å². The van der Waals surface area contributed by atoms with E-state index in [-0.39, 0.29) is 0 Å². The van der Waals surface area contributed by atoms with Gasteiger partial charge in [0.1, 0.15) is 0 Å². The van der Waals surface area contributed by atoms with Crippen LogP contribution in [0.5, 0.6) is 0 Å². The number of nitrogens with one attached hydrogen (secondary N) is 1. The van der Waals surface area contributed by atoms with Crippen molar-refractivity contribution in [3.8, 4) is 0 Å². The van der Waals surface area contributed by atoms with Crippen LogP contribution >= 0.6 is 0 Å². The van der Waals surface area contributed by atoms with Gasteiger partial charge in [0.05, 0.1) is 6.10 Å². The summed E-state index contributed by atoms with van der Waals surface area (Å²) >= 11 is 0. The number of aliphatic carboxylic acids is 1. The molecule has 0 spiro atoms. The van der Waals surface area contributed by atoms with Gasteiger partial charge in [-0.05, 0) is 13.3 Å². The summed E-state index contributed by atoms with van der Waals surface area (Å²) in [5.41, 5.74) is 0. The van der Waals surface area contributed by atoms with E-state index in [0.29, 0.717) is 13.1 Å². The van der Waals surface area contributed by atoms with Crippen LogP contribution in [0.2, 0.25) is 0 Å². The first-order valence-electron chi connectivity index (χ1n) is 5.51. The third-order valence-electron chi connectivity index (χ3n) is 2.16. The lowest BCUT2D eigenvalue weighted by Crippen LogP contribution is -2.52. The lowest BCUT2D eigenvalue weighted by molar-refractivity contribution is -0.141. The Morgan fingerprint density at radius 3 is 2.47 bits per heavy atom. The SMILES string of the molecule is C=CCN(CCC)C(=O)N[C@H](C(=O)O)[C@@H](C)O. The summed E-state index contributed by atoms with van der Waals surface area (Å²) in [6, 6.07) is -1.81. The van der Waals surface area contributed by atoms with E-state index in [4.69, 9.17) is 5.11 Å². The van der Waals surface area contributed by atoms with Crippen molar-refractivity contribution in [3.63, 3.8) is 0 Å². The Morgan fingerprint density at radius 1 is 1.53 bits per heavy atom. The lowest BCUT2D eigenvalue weighted by Gasteiger charge is -2.24. The molecule has 0 aromatic carbocycles. The minimum Gasteiger partial charge on any atom is -0.480 e. The average Bonchev–Trinajstić information content (AvgIpc) is 2.24. The second-order valence-corrected chi connectivity index (χ2v) is 3.74. The maximum absolute atomic E-state index is 11.7. The summed E-state index contributed by atoms with van der Waals surface area (Å²) in [5.74, 6) is -1.26. The first-order valence-corrected chi connectivity index (χ1v) is 5.51. The molecule has 0 aliphatic rings. The maximum Gasteiger partial charge on any atom is 0.328 e. The molecule has 0 fully saturated rings. The molecule has 0 aromatic heterocycles. The fourth-order valence-electron chi connectivity index (χ4n) is 1.31. The number of hydrogen-bond donors (Lipinski definition) is 3. The van der Waals surface area contributed by atoms with Crippen LogP contribution in [-0.2, 0) is 4.79 Å². The van der Waals surface area contributed by atoms with Gasteiger partial charge in [0, 0.05) is 13.1 Å². The van der Waals surface area contributed by atoms with Gasteiger partial charge in [-0.1, -0.05) is 13.0 Å². The molecular weight excluding hydrogens is 224 g/mol. The summed E-state index contributed by atoms with van der Waals surface area (Å²) in [5, 5.41) is 20.3. The molecule has 0 saturated carbocycles. The Balaban J connectivity index is 4.55. The van der Waals surface area contributed by atoms with Crippen LogP contribution in [0.25, 0.3) is 0 Å². The number of amides is 2. The molecule has 2 atom stereocenters. The van der Waals surface area contributed by atoms with Gasteiger partial charge in [0.2, 0.25) is 0 Å². The molecule has 0 aliphatic heterocycles. The number of hydrogen-bond acceptors (Lipinski definition) is 3. The quantitative estimate of drug-likeness (QED) is 0.566. The number of aliphatic hydroxyl groups excluding tert-OH is 1. The zero-order valence-electron chi connectivity index (χ0n) is 10.2. The van der Waals surface area contributed by atoms with E-state index in [1.165, 1.54) is 11.8 Å². The van der Waals surface area contributed by atoms with E-state index in [1.807, 2.05) is 6.92 Å². The predicted molar refractivity (Wildman–Crippen MR) is 63.7 cm³/mol. The van der Waals surface area contributed by atoms with E-state index in [9.17, 15) is 14.7 Å². The van der Waals surface area contributed by atoms with Crippen molar-refractivity contribution >= 4 is 12.0 Å². The number of carboxylic acid groups (broad SMARTS) is 1. The number of urea groups is 1. The average molecular weight is 244 g/mol. The van der Waals surface area contributed by atoms with Crippen LogP contribution in [0.15, 0.2) is 12.7 Å². The van der Waals surface area contributed by atoms with Gasteiger partial charge in [-0.15, -0.1) is 6.58 Å². The van der Waals surface area contributed by atoms with Gasteiger partial charge in [-0.3, -0.25) is 0 Å². The standard InChI is InChI=1S/C11H20N2O4/c1-4-6-13(7-5-2)11(17)12-9(8(3)14)10(15)16/h4,8-9,14H,1,5-7H2,2-3H3,(H,12,17)(H,15,16)/t8-,9+/m1/s1. The van der Waals surface area contributed by atoms with E-state index >= 15 is 0 Å². The largest absolute Gasteiger partial charge is 0.480 e. The van der Waals surface area contributed by atoms with Gasteiger partial charge < -0.3 is 20.4 Å². The normalized spacial score (nSPS) is 13.6. The number of carbonyl (C=O) groups is 2. The van der Waals surface area contributed by atoms with E-state index < -0.39 is 24.1 Å². The fourth-order valence-corrected chi connectivity index (χ4v) is 1.31. The van der Waals surface area contributed by atoms with Gasteiger partial charge >= 0.3 is 12.0 Å². The molecule has 2 amide bonds. The fraction of sp³-hybridized carbons (Fsp3) is 0.636. The molecule has 3 N–H and O–H groups in total. The summed E-state index contributed by atoms with van der Waals surface area (Å²) in [4.78, 5) is 24.0. The second kappa shape index (κ2) is 7.67. The Kier molecular flexibility index (Phi) is 6.97. The molecule has 0 heterocycles. The topological polar surface area (TPSA) is 89.9 Å². The monoisotopic (exact) mass is 244 g/mol.